The maximum absolute atomic E-state index is 12.1. The second-order valence-electron chi connectivity index (χ2n) is 6.19. The highest BCUT2D eigenvalue weighted by Crippen LogP contribution is 2.28. The van der Waals surface area contributed by atoms with E-state index in [2.05, 4.69) is 0 Å². The molecule has 0 atom stereocenters. The number of carbonyl (C=O) groups excluding carboxylic acids is 3. The van der Waals surface area contributed by atoms with Crippen molar-refractivity contribution >= 4 is 29.9 Å². The molecule has 0 radical (unpaired) electrons. The molecule has 156 valence electrons. The first-order chi connectivity index (χ1) is 14.3. The molecule has 0 aliphatic heterocycles. The average Bonchev–Trinajstić information content (AvgIpc) is 2.71. The molecule has 0 amide bonds. The van der Waals surface area contributed by atoms with Crippen LogP contribution in [0.1, 0.15) is 30.5 Å². The van der Waals surface area contributed by atoms with Gasteiger partial charge in [0.1, 0.15) is 5.75 Å². The molecule has 0 saturated carbocycles. The molecular weight excluding hydrogens is 388 g/mol. The number of rotatable bonds is 8. The molecule has 2 aromatic rings. The van der Waals surface area contributed by atoms with Crippen LogP contribution in [0.25, 0.3) is 12.2 Å². The van der Waals surface area contributed by atoms with Crippen LogP contribution in [0.5, 0.6) is 17.2 Å². The van der Waals surface area contributed by atoms with Crippen molar-refractivity contribution in [2.75, 3.05) is 7.11 Å². The van der Waals surface area contributed by atoms with E-state index in [1.165, 1.54) is 33.1 Å². The van der Waals surface area contributed by atoms with E-state index in [4.69, 9.17) is 14.2 Å². The monoisotopic (exact) mass is 410 g/mol. The molecule has 0 unspecified atom stereocenters. The summed E-state index contributed by atoms with van der Waals surface area (Å²) in [6.07, 6.45) is 5.96. The number of ketones is 1. The van der Waals surface area contributed by atoms with Crippen LogP contribution in [-0.2, 0) is 21.0 Å². The smallest absolute Gasteiger partial charge is 0.308 e. The highest BCUT2D eigenvalue weighted by atomic mass is 16.6. The maximum atomic E-state index is 12.1. The van der Waals surface area contributed by atoms with Crippen LogP contribution in [0.15, 0.2) is 48.6 Å². The summed E-state index contributed by atoms with van der Waals surface area (Å²) >= 11 is 0. The summed E-state index contributed by atoms with van der Waals surface area (Å²) in [5.74, 6) is -0.245. The van der Waals surface area contributed by atoms with Gasteiger partial charge in [0.15, 0.2) is 17.3 Å². The largest absolute Gasteiger partial charge is 0.493 e. The third kappa shape index (κ3) is 6.72. The second kappa shape index (κ2) is 10.7. The van der Waals surface area contributed by atoms with E-state index in [1.54, 1.807) is 48.6 Å². The van der Waals surface area contributed by atoms with E-state index in [-0.39, 0.29) is 18.1 Å². The Morgan fingerprint density at radius 3 is 1.90 bits per heavy atom. The highest BCUT2D eigenvalue weighted by molar-refractivity contribution is 6.04. The van der Waals surface area contributed by atoms with Gasteiger partial charge in [-0.1, -0.05) is 24.3 Å². The molecule has 0 spiro atoms. The number of methoxy groups -OCH3 is 1. The normalized spacial score (nSPS) is 10.9. The van der Waals surface area contributed by atoms with Crippen LogP contribution < -0.4 is 14.2 Å². The Hall–Kier alpha value is -3.71. The van der Waals surface area contributed by atoms with Crippen LogP contribution in [0.4, 0.5) is 0 Å². The molecule has 0 heterocycles. The third-order valence-corrected chi connectivity index (χ3v) is 3.83. The minimum absolute atomic E-state index is 0.257. The predicted octanol–water partition coefficient (Wildman–Crippen LogP) is 3.33. The Morgan fingerprint density at radius 2 is 1.37 bits per heavy atom. The fourth-order valence-corrected chi connectivity index (χ4v) is 2.52. The van der Waals surface area contributed by atoms with Crippen LogP contribution in [0.2, 0.25) is 0 Å². The zero-order chi connectivity index (χ0) is 22.1. The minimum Gasteiger partial charge on any atom is -0.493 e. The summed E-state index contributed by atoms with van der Waals surface area (Å²) in [4.78, 5) is 34.3. The number of esters is 2. The van der Waals surface area contributed by atoms with Crippen molar-refractivity contribution in [1.29, 1.82) is 0 Å². The standard InChI is InChI=1S/C23H22O7/c1-15(25)29-21-10-6-17(12-19(21)14-24)4-8-20(27)9-5-18-7-11-22(30-16(2)26)23(13-18)28-3/h4-13,24H,14H2,1-3H3. The van der Waals surface area contributed by atoms with Crippen molar-refractivity contribution in [3.05, 3.63) is 65.2 Å². The summed E-state index contributed by atoms with van der Waals surface area (Å²) in [5.41, 5.74) is 1.80. The number of hydrogen-bond acceptors (Lipinski definition) is 7. The van der Waals surface area contributed by atoms with E-state index in [0.717, 1.165) is 0 Å². The first-order valence-electron chi connectivity index (χ1n) is 9.01. The fourth-order valence-electron chi connectivity index (χ4n) is 2.52. The molecule has 30 heavy (non-hydrogen) atoms. The summed E-state index contributed by atoms with van der Waals surface area (Å²) in [5, 5.41) is 9.42. The number of aliphatic hydroxyl groups is 1. The predicted molar refractivity (Wildman–Crippen MR) is 111 cm³/mol. The summed E-state index contributed by atoms with van der Waals surface area (Å²) in [7, 11) is 1.46. The van der Waals surface area contributed by atoms with Crippen LogP contribution in [0, 0.1) is 0 Å². The lowest BCUT2D eigenvalue weighted by Crippen LogP contribution is -2.04. The van der Waals surface area contributed by atoms with Crippen molar-refractivity contribution in [3.63, 3.8) is 0 Å². The molecule has 0 aromatic heterocycles. The van der Waals surface area contributed by atoms with Gasteiger partial charge in [0.05, 0.1) is 13.7 Å². The number of aliphatic hydroxyl groups excluding tert-OH is 1. The molecule has 2 aromatic carbocycles. The fraction of sp³-hybridized carbons (Fsp3) is 0.174. The van der Waals surface area contributed by atoms with Gasteiger partial charge in [-0.2, -0.15) is 0 Å². The molecule has 7 nitrogen and oxygen atoms in total. The molecular formula is C23H22O7. The number of hydrogen-bond donors (Lipinski definition) is 1. The molecule has 0 aliphatic rings. The Kier molecular flexibility index (Phi) is 8.08. The van der Waals surface area contributed by atoms with Gasteiger partial charge >= 0.3 is 11.9 Å². The zero-order valence-corrected chi connectivity index (χ0v) is 16.9. The summed E-state index contributed by atoms with van der Waals surface area (Å²) < 4.78 is 15.2. The average molecular weight is 410 g/mol. The van der Waals surface area contributed by atoms with Crippen LogP contribution >= 0.6 is 0 Å². The van der Waals surface area contributed by atoms with Gasteiger partial charge in [0, 0.05) is 19.4 Å². The lowest BCUT2D eigenvalue weighted by molar-refractivity contribution is -0.132. The van der Waals surface area contributed by atoms with E-state index in [9.17, 15) is 19.5 Å². The van der Waals surface area contributed by atoms with Gasteiger partial charge in [-0.05, 0) is 47.5 Å². The first-order valence-corrected chi connectivity index (χ1v) is 9.01. The van der Waals surface area contributed by atoms with Crippen molar-refractivity contribution in [2.45, 2.75) is 20.5 Å². The van der Waals surface area contributed by atoms with E-state index >= 15 is 0 Å². The Labute approximate surface area is 174 Å². The number of allylic oxidation sites excluding steroid dienone is 2. The molecule has 0 fully saturated rings. The molecule has 7 heteroatoms. The molecule has 0 aliphatic carbocycles. The topological polar surface area (TPSA) is 99.1 Å². The molecule has 0 saturated heterocycles. The van der Waals surface area contributed by atoms with Gasteiger partial charge in [0.2, 0.25) is 0 Å². The lowest BCUT2D eigenvalue weighted by atomic mass is 10.1. The van der Waals surface area contributed by atoms with Gasteiger partial charge < -0.3 is 19.3 Å². The maximum Gasteiger partial charge on any atom is 0.308 e. The Bertz CT molecular complexity index is 923. The summed E-state index contributed by atoms with van der Waals surface area (Å²) in [6.45, 7) is 2.27. The van der Waals surface area contributed by atoms with Gasteiger partial charge in [-0.25, -0.2) is 0 Å². The lowest BCUT2D eigenvalue weighted by Gasteiger charge is -2.08. The molecule has 2 rings (SSSR count). The summed E-state index contributed by atoms with van der Waals surface area (Å²) in [6, 6.07) is 9.78. The van der Waals surface area contributed by atoms with Crippen molar-refractivity contribution in [1.82, 2.24) is 0 Å². The number of benzene rings is 2. The van der Waals surface area contributed by atoms with E-state index < -0.39 is 11.9 Å². The molecule has 0 bridgehead atoms. The van der Waals surface area contributed by atoms with Crippen molar-refractivity contribution < 1.29 is 33.7 Å². The second-order valence-corrected chi connectivity index (χ2v) is 6.19. The van der Waals surface area contributed by atoms with Gasteiger partial charge in [0.25, 0.3) is 0 Å². The molecule has 1 N–H and O–H groups in total. The minimum atomic E-state index is -0.481. The van der Waals surface area contributed by atoms with E-state index in [1.807, 2.05) is 0 Å². The highest BCUT2D eigenvalue weighted by Gasteiger charge is 2.08. The van der Waals surface area contributed by atoms with Gasteiger partial charge in [-0.3, -0.25) is 14.4 Å². The third-order valence-electron chi connectivity index (χ3n) is 3.83. The van der Waals surface area contributed by atoms with E-state index in [0.29, 0.717) is 28.2 Å². The number of carbonyl (C=O) groups is 3. The Balaban J connectivity index is 2.09. The zero-order valence-electron chi connectivity index (χ0n) is 16.9. The van der Waals surface area contributed by atoms with Crippen molar-refractivity contribution in [3.8, 4) is 17.2 Å². The van der Waals surface area contributed by atoms with Crippen molar-refractivity contribution in [2.24, 2.45) is 0 Å². The van der Waals surface area contributed by atoms with Crippen LogP contribution in [0.3, 0.4) is 0 Å². The first kappa shape index (κ1) is 22.6. The SMILES string of the molecule is COc1cc(C=CC(=O)C=Cc2ccc(OC(C)=O)c(CO)c2)ccc1OC(C)=O. The quantitative estimate of drug-likeness (QED) is 0.405. The Morgan fingerprint density at radius 1 is 0.833 bits per heavy atom. The van der Waals surface area contributed by atoms with Crippen LogP contribution in [-0.4, -0.2) is 29.9 Å². The number of ether oxygens (including phenoxy) is 3. The van der Waals surface area contributed by atoms with Gasteiger partial charge in [-0.15, -0.1) is 0 Å².